The Balaban J connectivity index is 1.71. The lowest BCUT2D eigenvalue weighted by molar-refractivity contribution is -0.116. The molecular weight excluding hydrogens is 320 g/mol. The van der Waals surface area contributed by atoms with Gasteiger partial charge in [-0.05, 0) is 42.8 Å². The highest BCUT2D eigenvalue weighted by atomic mass is 16.5. The fraction of sp³-hybridized carbons (Fsp3) is 0.158. The third-order valence-electron chi connectivity index (χ3n) is 3.36. The molecule has 0 heterocycles. The molecule has 2 aromatic carbocycles. The number of carbonyl (C=O) groups excluding carboxylic acids is 2. The largest absolute Gasteiger partial charge is 0.492 e. The van der Waals surface area contributed by atoms with Crippen LogP contribution in [0.4, 0.5) is 0 Å². The third kappa shape index (κ3) is 6.12. The summed E-state index contributed by atoms with van der Waals surface area (Å²) in [7, 11) is 0. The number of nitrogens with one attached hydrogen (secondary N) is 2. The number of carbonyl (C=O) groups is 2. The van der Waals surface area contributed by atoms with E-state index < -0.39 is 5.91 Å². The van der Waals surface area contributed by atoms with E-state index in [2.05, 4.69) is 5.32 Å². The maximum absolute atomic E-state index is 11.7. The third-order valence-corrected chi connectivity index (χ3v) is 3.36. The fourth-order valence-electron chi connectivity index (χ4n) is 2.11. The molecule has 0 fully saturated rings. The van der Waals surface area contributed by atoms with Gasteiger partial charge in [0.1, 0.15) is 12.4 Å². The van der Waals surface area contributed by atoms with Crippen LogP contribution in [0.1, 0.15) is 21.5 Å². The summed E-state index contributed by atoms with van der Waals surface area (Å²) in [5.41, 5.74) is 3.99. The summed E-state index contributed by atoms with van der Waals surface area (Å²) in [5.74, 6) is -0.210. The SMILES string of the molecule is Cc1cccc(/C=C/C(=O)NCCOc2ccc(C(=O)NO)cc2)c1. The summed E-state index contributed by atoms with van der Waals surface area (Å²) >= 11 is 0. The van der Waals surface area contributed by atoms with Gasteiger partial charge < -0.3 is 10.1 Å². The smallest absolute Gasteiger partial charge is 0.274 e. The quantitative estimate of drug-likeness (QED) is 0.312. The van der Waals surface area contributed by atoms with Gasteiger partial charge in [0.15, 0.2) is 0 Å². The van der Waals surface area contributed by atoms with Gasteiger partial charge in [0.2, 0.25) is 5.91 Å². The van der Waals surface area contributed by atoms with Gasteiger partial charge in [-0.25, -0.2) is 5.48 Å². The van der Waals surface area contributed by atoms with E-state index in [0.29, 0.717) is 24.5 Å². The predicted octanol–water partition coefficient (Wildman–Crippen LogP) is 2.32. The monoisotopic (exact) mass is 340 g/mol. The van der Waals surface area contributed by atoms with E-state index in [1.165, 1.54) is 18.2 Å². The van der Waals surface area contributed by atoms with Crippen LogP contribution in [0.5, 0.6) is 5.75 Å². The molecule has 0 bridgehead atoms. The number of benzene rings is 2. The molecule has 25 heavy (non-hydrogen) atoms. The van der Waals surface area contributed by atoms with Gasteiger partial charge in [0.25, 0.3) is 5.91 Å². The van der Waals surface area contributed by atoms with Crippen LogP contribution < -0.4 is 15.5 Å². The standard InChI is InChI=1S/C19H20N2O4/c1-14-3-2-4-15(13-14)5-10-18(22)20-11-12-25-17-8-6-16(7-9-17)19(23)21-24/h2-10,13,24H,11-12H2,1H3,(H,20,22)(H,21,23)/b10-5+. The van der Waals surface area contributed by atoms with E-state index in [4.69, 9.17) is 9.94 Å². The van der Waals surface area contributed by atoms with E-state index in [-0.39, 0.29) is 5.91 Å². The van der Waals surface area contributed by atoms with Crippen molar-refractivity contribution in [3.05, 3.63) is 71.3 Å². The lowest BCUT2D eigenvalue weighted by atomic mass is 10.1. The molecule has 0 aliphatic carbocycles. The predicted molar refractivity (Wildman–Crippen MR) is 94.4 cm³/mol. The van der Waals surface area contributed by atoms with Gasteiger partial charge in [0.05, 0.1) is 6.54 Å². The zero-order valence-electron chi connectivity index (χ0n) is 13.9. The maximum Gasteiger partial charge on any atom is 0.274 e. The molecule has 2 amide bonds. The molecule has 2 aromatic rings. The molecule has 6 heteroatoms. The Labute approximate surface area is 146 Å². The van der Waals surface area contributed by atoms with Gasteiger partial charge in [0, 0.05) is 11.6 Å². The molecule has 0 aromatic heterocycles. The highest BCUT2D eigenvalue weighted by Crippen LogP contribution is 2.11. The van der Waals surface area contributed by atoms with Crippen molar-refractivity contribution in [2.75, 3.05) is 13.2 Å². The lowest BCUT2D eigenvalue weighted by Crippen LogP contribution is -2.26. The van der Waals surface area contributed by atoms with Crippen LogP contribution in [-0.2, 0) is 4.79 Å². The first kappa shape index (κ1) is 18.2. The molecule has 0 atom stereocenters. The molecule has 6 nitrogen and oxygen atoms in total. The number of aryl methyl sites for hydroxylation is 1. The number of hydrogen-bond acceptors (Lipinski definition) is 4. The average molecular weight is 340 g/mol. The van der Waals surface area contributed by atoms with Crippen molar-refractivity contribution >= 4 is 17.9 Å². The Morgan fingerprint density at radius 2 is 1.92 bits per heavy atom. The van der Waals surface area contributed by atoms with Crippen molar-refractivity contribution in [3.8, 4) is 5.75 Å². The molecule has 0 radical (unpaired) electrons. The van der Waals surface area contributed by atoms with E-state index in [1.807, 2.05) is 31.2 Å². The van der Waals surface area contributed by atoms with Crippen LogP contribution >= 0.6 is 0 Å². The molecule has 3 N–H and O–H groups in total. The zero-order chi connectivity index (χ0) is 18.1. The molecule has 0 saturated carbocycles. The van der Waals surface area contributed by atoms with Crippen molar-refractivity contribution in [1.29, 1.82) is 0 Å². The molecule has 0 aliphatic heterocycles. The van der Waals surface area contributed by atoms with Crippen molar-refractivity contribution in [1.82, 2.24) is 10.8 Å². The number of ether oxygens (including phenoxy) is 1. The van der Waals surface area contributed by atoms with Gasteiger partial charge >= 0.3 is 0 Å². The minimum absolute atomic E-state index is 0.194. The fourth-order valence-corrected chi connectivity index (χ4v) is 2.11. The van der Waals surface area contributed by atoms with Crippen LogP contribution in [0.15, 0.2) is 54.6 Å². The second-order valence-electron chi connectivity index (χ2n) is 5.35. The van der Waals surface area contributed by atoms with Crippen LogP contribution in [0, 0.1) is 6.92 Å². The zero-order valence-corrected chi connectivity index (χ0v) is 13.9. The van der Waals surface area contributed by atoms with Crippen LogP contribution in [0.3, 0.4) is 0 Å². The topological polar surface area (TPSA) is 87.7 Å². The first-order chi connectivity index (χ1) is 12.1. The van der Waals surface area contributed by atoms with Crippen LogP contribution in [0.2, 0.25) is 0 Å². The van der Waals surface area contributed by atoms with Gasteiger partial charge in [-0.3, -0.25) is 14.8 Å². The van der Waals surface area contributed by atoms with Crippen LogP contribution in [-0.4, -0.2) is 30.2 Å². The molecule has 130 valence electrons. The van der Waals surface area contributed by atoms with E-state index >= 15 is 0 Å². The summed E-state index contributed by atoms with van der Waals surface area (Å²) in [5, 5.41) is 11.3. The summed E-state index contributed by atoms with van der Waals surface area (Å²) in [6, 6.07) is 14.2. The Morgan fingerprint density at radius 3 is 2.60 bits per heavy atom. The molecule has 2 rings (SSSR count). The lowest BCUT2D eigenvalue weighted by Gasteiger charge is -2.07. The highest BCUT2D eigenvalue weighted by molar-refractivity contribution is 5.93. The van der Waals surface area contributed by atoms with E-state index in [1.54, 1.807) is 23.7 Å². The Hall–Kier alpha value is -3.12. The van der Waals surface area contributed by atoms with Gasteiger partial charge in [-0.2, -0.15) is 0 Å². The minimum atomic E-state index is -0.584. The van der Waals surface area contributed by atoms with E-state index in [0.717, 1.165) is 11.1 Å². The Bertz CT molecular complexity index is 754. The number of amides is 2. The molecule has 0 spiro atoms. The molecule has 0 unspecified atom stereocenters. The maximum atomic E-state index is 11.7. The average Bonchev–Trinajstić information content (AvgIpc) is 2.63. The number of hydroxylamine groups is 1. The van der Waals surface area contributed by atoms with E-state index in [9.17, 15) is 9.59 Å². The van der Waals surface area contributed by atoms with Crippen molar-refractivity contribution in [2.45, 2.75) is 6.92 Å². The molecule has 0 aliphatic rings. The van der Waals surface area contributed by atoms with Gasteiger partial charge in [-0.1, -0.05) is 29.8 Å². The normalized spacial score (nSPS) is 10.5. The minimum Gasteiger partial charge on any atom is -0.492 e. The summed E-state index contributed by atoms with van der Waals surface area (Å²) < 4.78 is 5.47. The Morgan fingerprint density at radius 1 is 1.16 bits per heavy atom. The second-order valence-corrected chi connectivity index (χ2v) is 5.35. The number of rotatable bonds is 7. The second kappa shape index (κ2) is 9.24. The van der Waals surface area contributed by atoms with Crippen molar-refractivity contribution < 1.29 is 19.5 Å². The Kier molecular flexibility index (Phi) is 6.74. The number of hydrogen-bond donors (Lipinski definition) is 3. The summed E-state index contributed by atoms with van der Waals surface area (Å²) in [4.78, 5) is 22.9. The van der Waals surface area contributed by atoms with Crippen molar-refractivity contribution in [3.63, 3.8) is 0 Å². The molecule has 0 saturated heterocycles. The molecular formula is C19H20N2O4. The van der Waals surface area contributed by atoms with Gasteiger partial charge in [-0.15, -0.1) is 0 Å². The first-order valence-corrected chi connectivity index (χ1v) is 7.78. The first-order valence-electron chi connectivity index (χ1n) is 7.78. The summed E-state index contributed by atoms with van der Waals surface area (Å²) in [6.45, 7) is 2.66. The van der Waals surface area contributed by atoms with Crippen molar-refractivity contribution in [2.24, 2.45) is 0 Å². The highest BCUT2D eigenvalue weighted by Gasteiger charge is 2.03. The summed E-state index contributed by atoms with van der Waals surface area (Å²) in [6.07, 6.45) is 3.24. The van der Waals surface area contributed by atoms with Crippen LogP contribution in [0.25, 0.3) is 6.08 Å².